The van der Waals surface area contributed by atoms with Crippen molar-refractivity contribution in [2.45, 2.75) is 97.8 Å². The van der Waals surface area contributed by atoms with Crippen LogP contribution in [0.15, 0.2) is 12.3 Å². The van der Waals surface area contributed by atoms with Crippen molar-refractivity contribution in [3.05, 3.63) is 17.8 Å². The Morgan fingerprint density at radius 2 is 1.63 bits per heavy atom. The van der Waals surface area contributed by atoms with Gasteiger partial charge in [0, 0.05) is 43.8 Å². The normalized spacial score (nSPS) is 27.8. The molecule has 1 aromatic heterocycles. The van der Waals surface area contributed by atoms with Gasteiger partial charge in [-0.3, -0.25) is 4.79 Å². The van der Waals surface area contributed by atoms with Crippen LogP contribution in [0.25, 0.3) is 6.20 Å². The lowest BCUT2D eigenvalue weighted by Gasteiger charge is -2.58. The quantitative estimate of drug-likeness (QED) is 0.393. The number of aliphatic hydroxyl groups is 1. The lowest BCUT2D eigenvalue weighted by molar-refractivity contribution is -0.136. The molecule has 0 spiro atoms. The molecule has 1 aliphatic heterocycles. The second-order valence-electron chi connectivity index (χ2n) is 16.0. The molecule has 12 heteroatoms. The van der Waals surface area contributed by atoms with E-state index in [4.69, 9.17) is 14.2 Å². The minimum atomic E-state index is -0.572. The third-order valence-corrected chi connectivity index (χ3v) is 9.51. The van der Waals surface area contributed by atoms with E-state index in [9.17, 15) is 19.5 Å². The Labute approximate surface area is 272 Å². The number of nitrogens with zero attached hydrogens (tertiary/aromatic N) is 4. The summed E-state index contributed by atoms with van der Waals surface area (Å²) >= 11 is 0. The molecule has 2 N–H and O–H groups in total. The van der Waals surface area contributed by atoms with Crippen LogP contribution in [0.1, 0.15) is 90.9 Å². The van der Waals surface area contributed by atoms with Crippen LogP contribution in [0.3, 0.4) is 0 Å². The van der Waals surface area contributed by atoms with Gasteiger partial charge < -0.3 is 34.4 Å². The van der Waals surface area contributed by atoms with Gasteiger partial charge in [-0.2, -0.15) is 5.10 Å². The number of ether oxygens (including phenoxy) is 3. The van der Waals surface area contributed by atoms with Gasteiger partial charge in [-0.1, -0.05) is 33.8 Å². The molecule has 5 fully saturated rings. The summed E-state index contributed by atoms with van der Waals surface area (Å²) in [5.74, 6) is 1.57. The number of hydrogen-bond donors (Lipinski definition) is 2. The summed E-state index contributed by atoms with van der Waals surface area (Å²) in [7, 11) is 0. The van der Waals surface area contributed by atoms with Crippen LogP contribution in [0.4, 0.5) is 9.59 Å². The van der Waals surface area contributed by atoms with E-state index in [1.54, 1.807) is 26.9 Å². The largest absolute Gasteiger partial charge is 0.477 e. The highest BCUT2D eigenvalue weighted by molar-refractivity contribution is 5.96. The molecule has 12 nitrogen and oxygen atoms in total. The fourth-order valence-electron chi connectivity index (χ4n) is 7.51. The number of carbonyl (C=O) groups is 3. The molecule has 5 aliphatic rings. The van der Waals surface area contributed by atoms with Crippen LogP contribution in [0, 0.1) is 29.1 Å². The minimum absolute atomic E-state index is 0.0510. The van der Waals surface area contributed by atoms with Gasteiger partial charge in [0.15, 0.2) is 0 Å². The van der Waals surface area contributed by atoms with Gasteiger partial charge in [-0.15, -0.1) is 0 Å². The van der Waals surface area contributed by atoms with E-state index in [1.165, 1.54) is 0 Å². The minimum Gasteiger partial charge on any atom is -0.477 e. The molecular weight excluding hydrogens is 590 g/mol. The number of rotatable bonds is 9. The summed E-state index contributed by atoms with van der Waals surface area (Å²) in [5, 5.41) is 18.7. The second kappa shape index (κ2) is 13.1. The predicted octanol–water partition coefficient (Wildman–Crippen LogP) is 4.77. The smallest absolute Gasteiger partial charge is 0.410 e. The van der Waals surface area contributed by atoms with E-state index in [0.717, 1.165) is 32.1 Å². The van der Waals surface area contributed by atoms with Gasteiger partial charge in [0.2, 0.25) is 5.88 Å². The van der Waals surface area contributed by atoms with Crippen molar-refractivity contribution in [1.29, 1.82) is 0 Å². The molecule has 1 saturated heterocycles. The van der Waals surface area contributed by atoms with Crippen molar-refractivity contribution in [2.75, 3.05) is 39.4 Å². The highest BCUT2D eigenvalue weighted by Crippen LogP contribution is 2.55. The molecule has 2 heterocycles. The van der Waals surface area contributed by atoms with Crippen molar-refractivity contribution >= 4 is 24.3 Å². The van der Waals surface area contributed by atoms with E-state index in [-0.39, 0.29) is 30.6 Å². The fraction of sp³-hybridized carbons (Fsp3) is 0.765. The average molecular weight is 644 g/mol. The second-order valence-corrected chi connectivity index (χ2v) is 16.0. The van der Waals surface area contributed by atoms with E-state index >= 15 is 0 Å². The number of carbonyl (C=O) groups excluding carboxylic acids is 3. The van der Waals surface area contributed by atoms with E-state index in [2.05, 4.69) is 10.4 Å². The zero-order valence-corrected chi connectivity index (χ0v) is 28.6. The monoisotopic (exact) mass is 643 g/mol. The van der Waals surface area contributed by atoms with Crippen molar-refractivity contribution < 1.29 is 33.7 Å². The zero-order valence-electron chi connectivity index (χ0n) is 28.6. The first-order valence-corrected chi connectivity index (χ1v) is 16.8. The number of piperazine rings is 1. The molecule has 4 saturated carbocycles. The van der Waals surface area contributed by atoms with E-state index < -0.39 is 22.7 Å². The van der Waals surface area contributed by atoms with E-state index in [1.807, 2.05) is 54.5 Å². The van der Waals surface area contributed by atoms with Crippen LogP contribution < -0.4 is 10.1 Å². The molecule has 3 amide bonds. The first-order valence-electron chi connectivity index (χ1n) is 16.8. The maximum atomic E-state index is 13.6. The van der Waals surface area contributed by atoms with Crippen LogP contribution >= 0.6 is 0 Å². The number of hydrogen-bond acceptors (Lipinski definition) is 8. The number of aromatic nitrogens is 2. The Morgan fingerprint density at radius 3 is 2.20 bits per heavy atom. The van der Waals surface area contributed by atoms with Crippen molar-refractivity contribution in [3.8, 4) is 5.88 Å². The third-order valence-electron chi connectivity index (χ3n) is 9.51. The summed E-state index contributed by atoms with van der Waals surface area (Å²) in [6, 6.07) is 0.0510. The summed E-state index contributed by atoms with van der Waals surface area (Å²) in [6.45, 7) is 15.5. The van der Waals surface area contributed by atoms with Gasteiger partial charge in [-0.05, 0) is 76.5 Å². The highest BCUT2D eigenvalue weighted by atomic mass is 16.6. The molecule has 46 heavy (non-hydrogen) atoms. The summed E-state index contributed by atoms with van der Waals surface area (Å²) in [6.07, 6.45) is 8.90. The zero-order chi connectivity index (χ0) is 33.4. The van der Waals surface area contributed by atoms with Gasteiger partial charge >= 0.3 is 12.2 Å². The first kappa shape index (κ1) is 34.1. The van der Waals surface area contributed by atoms with E-state index in [0.29, 0.717) is 62.0 Å². The summed E-state index contributed by atoms with van der Waals surface area (Å²) < 4.78 is 18.8. The molecular formula is C34H53N5O7. The third kappa shape index (κ3) is 8.16. The van der Waals surface area contributed by atoms with Gasteiger partial charge in [-0.25, -0.2) is 14.3 Å². The van der Waals surface area contributed by atoms with Crippen LogP contribution in [0.2, 0.25) is 0 Å². The Balaban J connectivity index is 1.18. The van der Waals surface area contributed by atoms with Crippen LogP contribution in [0.5, 0.6) is 5.88 Å². The molecule has 1 aromatic rings. The first-order chi connectivity index (χ1) is 21.5. The maximum absolute atomic E-state index is 13.6. The average Bonchev–Trinajstić information content (AvgIpc) is 3.37. The van der Waals surface area contributed by atoms with Gasteiger partial charge in [0.1, 0.15) is 17.8 Å². The van der Waals surface area contributed by atoms with Crippen LogP contribution in [-0.2, 0) is 9.47 Å². The molecule has 0 aromatic carbocycles. The Hall–Kier alpha value is -3.28. The maximum Gasteiger partial charge on any atom is 0.410 e. The molecule has 2 unspecified atom stereocenters. The van der Waals surface area contributed by atoms with Crippen molar-refractivity contribution in [2.24, 2.45) is 29.1 Å². The predicted molar refractivity (Wildman–Crippen MR) is 172 cm³/mol. The summed E-state index contributed by atoms with van der Waals surface area (Å²) in [4.78, 5) is 42.0. The Morgan fingerprint density at radius 1 is 1.02 bits per heavy atom. The molecule has 2 atom stereocenters. The molecule has 4 bridgehead atoms. The van der Waals surface area contributed by atoms with Crippen molar-refractivity contribution in [1.82, 2.24) is 24.9 Å². The van der Waals surface area contributed by atoms with Gasteiger partial charge in [0.25, 0.3) is 5.91 Å². The standard InChI is InChI=1S/C34H53N5O7/c1-22(2)20-44-29-26(28(40)36-27-24-14-23-15-25(27)18-34(43,16-23)17-24)19-35-39(29)9-8-33(6,7)21-45-30(41)37-10-12-38(13-11-37)31(42)46-32(3,4)5/h8-9,19,22-25,27,43H,10-18,20-21H2,1-7H3,(H,36,40)/b9-8+/t23?,24?,25?,27-,34-. The van der Waals surface area contributed by atoms with Crippen LogP contribution in [-0.4, -0.2) is 99.4 Å². The summed E-state index contributed by atoms with van der Waals surface area (Å²) in [5.41, 5.74) is -1.29. The fourth-order valence-corrected chi connectivity index (χ4v) is 7.51. The Kier molecular flexibility index (Phi) is 9.69. The molecule has 0 radical (unpaired) electrons. The lowest BCUT2D eigenvalue weighted by Crippen LogP contribution is -2.61. The lowest BCUT2D eigenvalue weighted by atomic mass is 9.52. The number of nitrogens with one attached hydrogen (secondary N) is 1. The van der Waals surface area contributed by atoms with Crippen molar-refractivity contribution in [3.63, 3.8) is 0 Å². The molecule has 4 aliphatic carbocycles. The topological polar surface area (TPSA) is 135 Å². The molecule has 6 rings (SSSR count). The number of amides is 3. The Bertz CT molecular complexity index is 1290. The highest BCUT2D eigenvalue weighted by Gasteiger charge is 2.55. The molecule has 256 valence electrons. The SMILES string of the molecule is CC(C)COc1c(C(=O)N[C@H]2C3CC4CC2C[C@](O)(C4)C3)cnn1/C=C/C(C)(C)COC(=O)N1CCN(C(=O)OC(C)(C)C)CC1. The van der Waals surface area contributed by atoms with Gasteiger partial charge in [0.05, 0.1) is 18.4 Å².